The number of rotatable bonds is 3. The molecule has 16 heavy (non-hydrogen) atoms. The molecule has 1 N–H and O–H groups in total. The molecule has 0 amide bonds. The molecule has 0 spiro atoms. The van der Waals surface area contributed by atoms with Crippen LogP contribution in [0.2, 0.25) is 5.02 Å². The molecule has 3 nitrogen and oxygen atoms in total. The number of benzene rings is 1. The Kier molecular flexibility index (Phi) is 3.75. The number of carbonyl (C=O) groups is 1. The Balaban J connectivity index is 2.88. The highest BCUT2D eigenvalue weighted by atomic mass is 35.5. The molecule has 5 heteroatoms. The second-order valence-electron chi connectivity index (χ2n) is 3.87. The lowest BCUT2D eigenvalue weighted by Crippen LogP contribution is -2.41. The van der Waals surface area contributed by atoms with Crippen molar-refractivity contribution in [2.75, 3.05) is 12.4 Å². The van der Waals surface area contributed by atoms with Crippen molar-refractivity contribution in [2.45, 2.75) is 19.4 Å². The minimum atomic E-state index is -0.893. The van der Waals surface area contributed by atoms with Gasteiger partial charge in [-0.05, 0) is 32.0 Å². The molecule has 88 valence electrons. The summed E-state index contributed by atoms with van der Waals surface area (Å²) in [4.78, 5) is 11.4. The SMILES string of the molecule is COC(=O)C(C)(C)Nc1ccc(F)c(Cl)c1. The van der Waals surface area contributed by atoms with Gasteiger partial charge in [0.15, 0.2) is 0 Å². The van der Waals surface area contributed by atoms with Crippen LogP contribution in [-0.4, -0.2) is 18.6 Å². The first-order chi connectivity index (χ1) is 7.36. The van der Waals surface area contributed by atoms with E-state index in [-0.39, 0.29) is 5.02 Å². The van der Waals surface area contributed by atoms with Gasteiger partial charge in [0.1, 0.15) is 11.4 Å². The molecule has 0 aliphatic carbocycles. The van der Waals surface area contributed by atoms with Crippen LogP contribution < -0.4 is 5.32 Å². The second-order valence-corrected chi connectivity index (χ2v) is 4.28. The minimum Gasteiger partial charge on any atom is -0.467 e. The minimum absolute atomic E-state index is 0.00525. The van der Waals surface area contributed by atoms with E-state index in [1.54, 1.807) is 13.8 Å². The summed E-state index contributed by atoms with van der Waals surface area (Å²) in [5, 5.41) is 2.92. The summed E-state index contributed by atoms with van der Waals surface area (Å²) in [7, 11) is 1.31. The smallest absolute Gasteiger partial charge is 0.330 e. The van der Waals surface area contributed by atoms with Gasteiger partial charge in [0.05, 0.1) is 12.1 Å². The van der Waals surface area contributed by atoms with Crippen LogP contribution in [-0.2, 0) is 9.53 Å². The molecule has 0 saturated carbocycles. The fourth-order valence-electron chi connectivity index (χ4n) is 1.24. The molecule has 0 unspecified atom stereocenters. The molecule has 1 rings (SSSR count). The molecule has 0 saturated heterocycles. The Morgan fingerprint density at radius 1 is 1.50 bits per heavy atom. The first-order valence-electron chi connectivity index (χ1n) is 4.68. The van der Waals surface area contributed by atoms with Crippen molar-refractivity contribution in [1.82, 2.24) is 0 Å². The molecule has 0 fully saturated rings. The van der Waals surface area contributed by atoms with E-state index in [0.29, 0.717) is 5.69 Å². The molecule has 0 aliphatic rings. The maximum Gasteiger partial charge on any atom is 0.330 e. The topological polar surface area (TPSA) is 38.3 Å². The molecule has 1 aromatic rings. The summed E-state index contributed by atoms with van der Waals surface area (Å²) in [5.74, 6) is -0.906. The Labute approximate surface area is 98.5 Å². The number of anilines is 1. The number of methoxy groups -OCH3 is 1. The van der Waals surface area contributed by atoms with Gasteiger partial charge < -0.3 is 10.1 Å². The molecule has 1 aromatic carbocycles. The highest BCUT2D eigenvalue weighted by molar-refractivity contribution is 6.31. The van der Waals surface area contributed by atoms with Gasteiger partial charge in [-0.1, -0.05) is 11.6 Å². The van der Waals surface area contributed by atoms with Gasteiger partial charge in [-0.2, -0.15) is 0 Å². The molecule has 0 aromatic heterocycles. The van der Waals surface area contributed by atoms with Crippen LogP contribution in [0.25, 0.3) is 0 Å². The van der Waals surface area contributed by atoms with Gasteiger partial charge in [-0.3, -0.25) is 0 Å². The van der Waals surface area contributed by atoms with Crippen molar-refractivity contribution < 1.29 is 13.9 Å². The number of esters is 1. The summed E-state index contributed by atoms with van der Waals surface area (Å²) in [6.07, 6.45) is 0. The largest absolute Gasteiger partial charge is 0.467 e. The van der Waals surface area contributed by atoms with Gasteiger partial charge in [-0.15, -0.1) is 0 Å². The Morgan fingerprint density at radius 2 is 2.12 bits per heavy atom. The number of ether oxygens (including phenoxy) is 1. The molecular formula is C11H13ClFNO2. The first kappa shape index (κ1) is 12.8. The molecule has 0 bridgehead atoms. The monoisotopic (exact) mass is 245 g/mol. The fourth-order valence-corrected chi connectivity index (χ4v) is 1.42. The van der Waals surface area contributed by atoms with Crippen molar-refractivity contribution in [1.29, 1.82) is 0 Å². The van der Waals surface area contributed by atoms with Crippen LogP contribution in [0.3, 0.4) is 0 Å². The van der Waals surface area contributed by atoms with E-state index >= 15 is 0 Å². The van der Waals surface area contributed by atoms with E-state index in [4.69, 9.17) is 11.6 Å². The number of carbonyl (C=O) groups excluding carboxylic acids is 1. The lowest BCUT2D eigenvalue weighted by molar-refractivity contribution is -0.144. The summed E-state index contributed by atoms with van der Waals surface area (Å²) in [5.41, 5.74) is -0.336. The predicted octanol–water partition coefficient (Wildman–Crippen LogP) is 2.84. The Morgan fingerprint density at radius 3 is 2.62 bits per heavy atom. The fraction of sp³-hybridized carbons (Fsp3) is 0.364. The molecule has 0 atom stereocenters. The highest BCUT2D eigenvalue weighted by Gasteiger charge is 2.28. The lowest BCUT2D eigenvalue weighted by Gasteiger charge is -2.24. The van der Waals surface area contributed by atoms with E-state index < -0.39 is 17.3 Å². The third-order valence-electron chi connectivity index (χ3n) is 2.07. The van der Waals surface area contributed by atoms with Crippen LogP contribution in [0, 0.1) is 5.82 Å². The third-order valence-corrected chi connectivity index (χ3v) is 2.36. The number of nitrogens with one attached hydrogen (secondary N) is 1. The van der Waals surface area contributed by atoms with Crippen molar-refractivity contribution in [3.63, 3.8) is 0 Å². The number of hydrogen-bond donors (Lipinski definition) is 1. The van der Waals surface area contributed by atoms with E-state index in [0.717, 1.165) is 0 Å². The number of halogens is 2. The highest BCUT2D eigenvalue weighted by Crippen LogP contribution is 2.22. The van der Waals surface area contributed by atoms with Crippen molar-refractivity contribution >= 4 is 23.3 Å². The maximum atomic E-state index is 12.9. The zero-order chi connectivity index (χ0) is 12.3. The standard InChI is InChI=1S/C11H13ClFNO2/c1-11(2,10(15)16-3)14-7-4-5-9(13)8(12)6-7/h4-6,14H,1-3H3. The van der Waals surface area contributed by atoms with E-state index in [1.165, 1.54) is 25.3 Å². The van der Waals surface area contributed by atoms with Gasteiger partial charge in [0, 0.05) is 5.69 Å². The third kappa shape index (κ3) is 2.85. The summed E-state index contributed by atoms with van der Waals surface area (Å²) in [6.45, 7) is 3.33. The zero-order valence-electron chi connectivity index (χ0n) is 9.30. The Hall–Kier alpha value is -1.29. The average Bonchev–Trinajstić information content (AvgIpc) is 2.22. The maximum absolute atomic E-state index is 12.9. The van der Waals surface area contributed by atoms with Crippen LogP contribution in [0.1, 0.15) is 13.8 Å². The molecular weight excluding hydrogens is 233 g/mol. The van der Waals surface area contributed by atoms with Crippen LogP contribution >= 0.6 is 11.6 Å². The predicted molar refractivity (Wildman–Crippen MR) is 61.1 cm³/mol. The summed E-state index contributed by atoms with van der Waals surface area (Å²) < 4.78 is 17.5. The Bertz CT molecular complexity index is 407. The van der Waals surface area contributed by atoms with Crippen LogP contribution in [0.5, 0.6) is 0 Å². The van der Waals surface area contributed by atoms with Crippen LogP contribution in [0.4, 0.5) is 10.1 Å². The van der Waals surface area contributed by atoms with Gasteiger partial charge in [0.25, 0.3) is 0 Å². The normalized spacial score (nSPS) is 11.1. The zero-order valence-corrected chi connectivity index (χ0v) is 10.1. The van der Waals surface area contributed by atoms with Gasteiger partial charge in [0.2, 0.25) is 0 Å². The lowest BCUT2D eigenvalue weighted by atomic mass is 10.1. The van der Waals surface area contributed by atoms with E-state index in [2.05, 4.69) is 10.1 Å². The molecule has 0 radical (unpaired) electrons. The molecule has 0 aliphatic heterocycles. The summed E-state index contributed by atoms with van der Waals surface area (Å²) in [6, 6.07) is 4.16. The van der Waals surface area contributed by atoms with Gasteiger partial charge >= 0.3 is 5.97 Å². The average molecular weight is 246 g/mol. The summed E-state index contributed by atoms with van der Waals surface area (Å²) >= 11 is 5.62. The second kappa shape index (κ2) is 4.70. The first-order valence-corrected chi connectivity index (χ1v) is 5.06. The van der Waals surface area contributed by atoms with Crippen molar-refractivity contribution in [2.24, 2.45) is 0 Å². The quantitative estimate of drug-likeness (QED) is 0.833. The van der Waals surface area contributed by atoms with Gasteiger partial charge in [-0.25, -0.2) is 9.18 Å². The van der Waals surface area contributed by atoms with Crippen molar-refractivity contribution in [3.8, 4) is 0 Å². The number of hydrogen-bond acceptors (Lipinski definition) is 3. The van der Waals surface area contributed by atoms with Crippen molar-refractivity contribution in [3.05, 3.63) is 29.0 Å². The molecule has 0 heterocycles. The van der Waals surface area contributed by atoms with E-state index in [1.807, 2.05) is 0 Å². The van der Waals surface area contributed by atoms with Crippen LogP contribution in [0.15, 0.2) is 18.2 Å². The van der Waals surface area contributed by atoms with E-state index in [9.17, 15) is 9.18 Å².